The summed E-state index contributed by atoms with van der Waals surface area (Å²) in [5.41, 5.74) is 1.25. The minimum absolute atomic E-state index is 0.0530. The zero-order valence-electron chi connectivity index (χ0n) is 12.1. The number of piperidine rings is 1. The van der Waals surface area contributed by atoms with Crippen LogP contribution in [0.1, 0.15) is 35.8 Å². The second kappa shape index (κ2) is 6.54. The normalized spacial score (nSPS) is 17.0. The van der Waals surface area contributed by atoms with Crippen LogP contribution in [0.5, 0.6) is 0 Å². The van der Waals surface area contributed by atoms with E-state index in [4.69, 9.17) is 9.63 Å². The van der Waals surface area contributed by atoms with Gasteiger partial charge in [-0.2, -0.15) is 0 Å². The fourth-order valence-corrected chi connectivity index (χ4v) is 2.97. The van der Waals surface area contributed by atoms with Crippen molar-refractivity contribution in [1.82, 2.24) is 10.1 Å². The second-order valence-corrected chi connectivity index (χ2v) is 5.64. The maximum absolute atomic E-state index is 13.8. The summed E-state index contributed by atoms with van der Waals surface area (Å²) >= 11 is 0. The van der Waals surface area contributed by atoms with Crippen LogP contribution in [0, 0.1) is 11.6 Å². The summed E-state index contributed by atoms with van der Waals surface area (Å²) in [6, 6.07) is 6.12. The third-order valence-electron chi connectivity index (χ3n) is 4.16. The smallest absolute Gasteiger partial charge is 0.162 e. The van der Waals surface area contributed by atoms with Gasteiger partial charge in [0.05, 0.1) is 5.69 Å². The molecule has 0 bridgehead atoms. The van der Waals surface area contributed by atoms with Crippen LogP contribution in [-0.2, 0) is 13.2 Å². The molecule has 22 heavy (non-hydrogen) atoms. The maximum atomic E-state index is 13.8. The van der Waals surface area contributed by atoms with E-state index in [2.05, 4.69) is 10.1 Å². The quantitative estimate of drug-likeness (QED) is 0.943. The first kappa shape index (κ1) is 15.1. The van der Waals surface area contributed by atoms with Crippen molar-refractivity contribution in [1.29, 1.82) is 0 Å². The van der Waals surface area contributed by atoms with E-state index in [9.17, 15) is 8.78 Å². The van der Waals surface area contributed by atoms with Crippen LogP contribution in [0.15, 0.2) is 28.8 Å². The van der Waals surface area contributed by atoms with Crippen molar-refractivity contribution in [2.45, 2.75) is 31.9 Å². The van der Waals surface area contributed by atoms with Gasteiger partial charge in [0.25, 0.3) is 0 Å². The molecule has 0 saturated carbocycles. The predicted octanol–water partition coefficient (Wildman–Crippen LogP) is 2.82. The van der Waals surface area contributed by atoms with Crippen molar-refractivity contribution < 1.29 is 18.4 Å². The van der Waals surface area contributed by atoms with Gasteiger partial charge in [-0.25, -0.2) is 8.78 Å². The molecule has 1 fully saturated rings. The van der Waals surface area contributed by atoms with Gasteiger partial charge < -0.3 is 9.63 Å². The molecule has 1 aliphatic heterocycles. The van der Waals surface area contributed by atoms with Crippen LogP contribution in [0.25, 0.3) is 0 Å². The highest BCUT2D eigenvalue weighted by Crippen LogP contribution is 2.31. The first-order valence-electron chi connectivity index (χ1n) is 7.39. The average Bonchev–Trinajstić information content (AvgIpc) is 2.99. The Morgan fingerprint density at radius 2 is 2.05 bits per heavy atom. The molecule has 1 aromatic heterocycles. The van der Waals surface area contributed by atoms with Gasteiger partial charge in [-0.05, 0) is 43.5 Å². The van der Waals surface area contributed by atoms with E-state index in [-0.39, 0.29) is 12.5 Å². The lowest BCUT2D eigenvalue weighted by Crippen LogP contribution is -2.32. The highest BCUT2D eigenvalue weighted by atomic mass is 19.2. The van der Waals surface area contributed by atoms with Gasteiger partial charge >= 0.3 is 0 Å². The zero-order chi connectivity index (χ0) is 15.5. The Kier molecular flexibility index (Phi) is 4.49. The summed E-state index contributed by atoms with van der Waals surface area (Å²) in [6.45, 7) is 2.07. The van der Waals surface area contributed by atoms with Crippen molar-refractivity contribution >= 4 is 0 Å². The molecule has 0 spiro atoms. The van der Waals surface area contributed by atoms with Gasteiger partial charge in [0.2, 0.25) is 0 Å². The molecule has 0 radical (unpaired) electrons. The Bertz CT molecular complexity index is 637. The molecule has 0 amide bonds. The predicted molar refractivity (Wildman–Crippen MR) is 76.0 cm³/mol. The van der Waals surface area contributed by atoms with Gasteiger partial charge in [-0.15, -0.1) is 0 Å². The number of aliphatic hydroxyl groups is 1. The van der Waals surface area contributed by atoms with Gasteiger partial charge in [-0.3, -0.25) is 4.90 Å². The molecule has 0 atom stereocenters. The monoisotopic (exact) mass is 308 g/mol. The van der Waals surface area contributed by atoms with E-state index in [1.165, 1.54) is 0 Å². The van der Waals surface area contributed by atoms with E-state index < -0.39 is 11.6 Å². The zero-order valence-corrected chi connectivity index (χ0v) is 12.1. The largest absolute Gasteiger partial charge is 0.388 e. The van der Waals surface area contributed by atoms with Crippen molar-refractivity contribution in [3.05, 3.63) is 52.9 Å². The topological polar surface area (TPSA) is 49.5 Å². The molecule has 2 aromatic rings. The Labute approximate surface area is 127 Å². The maximum Gasteiger partial charge on any atom is 0.162 e. The molecule has 0 aliphatic carbocycles. The number of halogens is 2. The van der Waals surface area contributed by atoms with Crippen molar-refractivity contribution in [3.63, 3.8) is 0 Å². The van der Waals surface area contributed by atoms with E-state index >= 15 is 0 Å². The number of rotatable bonds is 4. The molecule has 118 valence electrons. The third kappa shape index (κ3) is 3.18. The Balaban J connectivity index is 1.59. The molecule has 1 aromatic carbocycles. The number of likely N-dealkylation sites (tertiary alicyclic amines) is 1. The Morgan fingerprint density at radius 3 is 2.73 bits per heavy atom. The van der Waals surface area contributed by atoms with Crippen LogP contribution in [0.3, 0.4) is 0 Å². The summed E-state index contributed by atoms with van der Waals surface area (Å²) in [5.74, 6) is -0.993. The Morgan fingerprint density at radius 1 is 1.27 bits per heavy atom. The van der Waals surface area contributed by atoms with Crippen LogP contribution < -0.4 is 0 Å². The number of aliphatic hydroxyl groups excluding tert-OH is 1. The fourth-order valence-electron chi connectivity index (χ4n) is 2.97. The lowest BCUT2D eigenvalue weighted by Gasteiger charge is -2.31. The number of nitrogens with zero attached hydrogens (tertiary/aromatic N) is 2. The molecular formula is C16H18F2N2O2. The summed E-state index contributed by atoms with van der Waals surface area (Å²) in [5, 5.41) is 12.9. The number of aromatic nitrogens is 1. The van der Waals surface area contributed by atoms with E-state index in [1.807, 2.05) is 0 Å². The standard InChI is InChI=1S/C16H18F2N2O2/c17-15-3-1-2-14(16(15)18)11-4-6-20(7-5-11)9-12-8-13(10-21)22-19-12/h1-3,8,11,21H,4-7,9-10H2. The molecule has 0 unspecified atom stereocenters. The first-order valence-corrected chi connectivity index (χ1v) is 7.39. The van der Waals surface area contributed by atoms with Crippen LogP contribution >= 0.6 is 0 Å². The third-order valence-corrected chi connectivity index (χ3v) is 4.16. The van der Waals surface area contributed by atoms with Crippen molar-refractivity contribution in [3.8, 4) is 0 Å². The molecule has 1 N–H and O–H groups in total. The van der Waals surface area contributed by atoms with Gasteiger partial charge in [0.15, 0.2) is 17.4 Å². The van der Waals surface area contributed by atoms with E-state index in [0.29, 0.717) is 17.9 Å². The molecule has 6 heteroatoms. The first-order chi connectivity index (χ1) is 10.7. The molecule has 4 nitrogen and oxygen atoms in total. The average molecular weight is 308 g/mol. The lowest BCUT2D eigenvalue weighted by molar-refractivity contribution is 0.195. The van der Waals surface area contributed by atoms with Crippen molar-refractivity contribution in [2.24, 2.45) is 0 Å². The van der Waals surface area contributed by atoms with E-state index in [1.54, 1.807) is 18.2 Å². The van der Waals surface area contributed by atoms with Crippen LogP contribution in [0.4, 0.5) is 8.78 Å². The minimum Gasteiger partial charge on any atom is -0.388 e. The summed E-state index contributed by atoms with van der Waals surface area (Å²) in [4.78, 5) is 2.20. The fraction of sp³-hybridized carbons (Fsp3) is 0.438. The summed E-state index contributed by atoms with van der Waals surface area (Å²) in [7, 11) is 0. The second-order valence-electron chi connectivity index (χ2n) is 5.64. The summed E-state index contributed by atoms with van der Waals surface area (Å²) in [6.07, 6.45) is 1.57. The SMILES string of the molecule is OCc1cc(CN2CCC(c3cccc(F)c3F)CC2)no1. The molecule has 3 rings (SSSR count). The minimum atomic E-state index is -0.779. The lowest BCUT2D eigenvalue weighted by atomic mass is 9.89. The molecule has 2 heterocycles. The van der Waals surface area contributed by atoms with Gasteiger partial charge in [0, 0.05) is 12.6 Å². The number of hydrogen-bond acceptors (Lipinski definition) is 4. The van der Waals surface area contributed by atoms with E-state index in [0.717, 1.165) is 37.7 Å². The highest BCUT2D eigenvalue weighted by molar-refractivity contribution is 5.23. The number of hydrogen-bond donors (Lipinski definition) is 1. The molecular weight excluding hydrogens is 290 g/mol. The Hall–Kier alpha value is -1.79. The van der Waals surface area contributed by atoms with Crippen molar-refractivity contribution in [2.75, 3.05) is 13.1 Å². The molecule has 1 aliphatic rings. The highest BCUT2D eigenvalue weighted by Gasteiger charge is 2.24. The summed E-state index contributed by atoms with van der Waals surface area (Å²) < 4.78 is 32.1. The number of benzene rings is 1. The van der Waals surface area contributed by atoms with Crippen LogP contribution in [-0.4, -0.2) is 28.3 Å². The van der Waals surface area contributed by atoms with Gasteiger partial charge in [0.1, 0.15) is 6.61 Å². The van der Waals surface area contributed by atoms with Crippen LogP contribution in [0.2, 0.25) is 0 Å². The van der Waals surface area contributed by atoms with Gasteiger partial charge in [-0.1, -0.05) is 17.3 Å². The molecule has 1 saturated heterocycles.